The van der Waals surface area contributed by atoms with E-state index in [0.717, 1.165) is 13.0 Å². The Morgan fingerprint density at radius 1 is 1.50 bits per heavy atom. The summed E-state index contributed by atoms with van der Waals surface area (Å²) >= 11 is 3.29. The van der Waals surface area contributed by atoms with Crippen molar-refractivity contribution in [2.24, 2.45) is 5.92 Å². The van der Waals surface area contributed by atoms with E-state index in [-0.39, 0.29) is 5.91 Å². The normalized spacial score (nSPS) is 12.2. The van der Waals surface area contributed by atoms with Gasteiger partial charge in [-0.05, 0) is 40.4 Å². The number of hydrogen-bond donors (Lipinski definition) is 1. The first-order valence-corrected chi connectivity index (χ1v) is 7.37. The van der Waals surface area contributed by atoms with Gasteiger partial charge in [0.2, 0.25) is 0 Å². The van der Waals surface area contributed by atoms with Crippen molar-refractivity contribution in [2.45, 2.75) is 39.5 Å². The van der Waals surface area contributed by atoms with Crippen LogP contribution in [0.15, 0.2) is 22.9 Å². The average Bonchev–Trinajstić information content (AvgIpc) is 2.39. The molecule has 1 rings (SSSR count). The van der Waals surface area contributed by atoms with Crippen LogP contribution in [0.3, 0.4) is 0 Å². The van der Waals surface area contributed by atoms with E-state index in [1.807, 2.05) is 0 Å². The maximum atomic E-state index is 12.0. The van der Waals surface area contributed by atoms with Crippen LogP contribution in [0.4, 0.5) is 0 Å². The smallest absolute Gasteiger partial charge is 0.254 e. The van der Waals surface area contributed by atoms with Crippen molar-refractivity contribution in [1.82, 2.24) is 10.3 Å². The summed E-state index contributed by atoms with van der Waals surface area (Å²) in [5.41, 5.74) is 0.600. The van der Waals surface area contributed by atoms with Crippen LogP contribution in [0.5, 0.6) is 0 Å². The molecule has 0 spiro atoms. The summed E-state index contributed by atoms with van der Waals surface area (Å²) in [6.45, 7) is 5.11. The van der Waals surface area contributed by atoms with E-state index < -0.39 is 0 Å². The van der Waals surface area contributed by atoms with Crippen molar-refractivity contribution in [3.63, 3.8) is 0 Å². The van der Waals surface area contributed by atoms with Crippen LogP contribution in [0, 0.1) is 5.92 Å². The van der Waals surface area contributed by atoms with Crippen molar-refractivity contribution in [2.75, 3.05) is 6.54 Å². The van der Waals surface area contributed by atoms with Crippen molar-refractivity contribution >= 4 is 21.8 Å². The van der Waals surface area contributed by atoms with Gasteiger partial charge in [0.1, 0.15) is 4.60 Å². The second-order valence-electron chi connectivity index (χ2n) is 4.47. The Morgan fingerprint density at radius 2 is 2.28 bits per heavy atom. The van der Waals surface area contributed by atoms with Gasteiger partial charge in [-0.1, -0.05) is 33.1 Å². The molecule has 4 heteroatoms. The van der Waals surface area contributed by atoms with Gasteiger partial charge >= 0.3 is 0 Å². The van der Waals surface area contributed by atoms with Crippen LogP contribution in [-0.2, 0) is 0 Å². The van der Waals surface area contributed by atoms with Crippen molar-refractivity contribution < 1.29 is 4.79 Å². The number of nitrogens with zero attached hydrogens (tertiary/aromatic N) is 1. The number of hydrogen-bond acceptors (Lipinski definition) is 2. The van der Waals surface area contributed by atoms with E-state index >= 15 is 0 Å². The number of pyridine rings is 1. The second kappa shape index (κ2) is 8.25. The number of amides is 1. The maximum Gasteiger partial charge on any atom is 0.254 e. The summed E-state index contributed by atoms with van der Waals surface area (Å²) in [7, 11) is 0. The van der Waals surface area contributed by atoms with Crippen LogP contribution in [0.1, 0.15) is 49.9 Å². The SMILES string of the molecule is CCCCC(CC)CNC(=O)c1cccnc1Br. The molecule has 18 heavy (non-hydrogen) atoms. The largest absolute Gasteiger partial charge is 0.352 e. The Bertz CT molecular complexity index is 382. The van der Waals surface area contributed by atoms with Crippen LogP contribution in [-0.4, -0.2) is 17.4 Å². The molecule has 3 nitrogen and oxygen atoms in total. The maximum absolute atomic E-state index is 12.0. The van der Waals surface area contributed by atoms with Gasteiger partial charge in [-0.15, -0.1) is 0 Å². The van der Waals surface area contributed by atoms with Crippen LogP contribution < -0.4 is 5.32 Å². The number of carbonyl (C=O) groups excluding carboxylic acids is 1. The molecule has 0 aliphatic carbocycles. The number of unbranched alkanes of at least 4 members (excludes halogenated alkanes) is 1. The summed E-state index contributed by atoms with van der Waals surface area (Å²) in [5, 5.41) is 2.99. The highest BCUT2D eigenvalue weighted by atomic mass is 79.9. The van der Waals surface area contributed by atoms with Gasteiger partial charge in [-0.25, -0.2) is 4.98 Å². The summed E-state index contributed by atoms with van der Waals surface area (Å²) in [4.78, 5) is 16.0. The highest BCUT2D eigenvalue weighted by Crippen LogP contribution is 2.14. The minimum atomic E-state index is -0.0510. The molecule has 1 amide bonds. The van der Waals surface area contributed by atoms with E-state index in [0.29, 0.717) is 16.1 Å². The zero-order chi connectivity index (χ0) is 13.4. The Hall–Kier alpha value is -0.900. The van der Waals surface area contributed by atoms with Crippen LogP contribution in [0.2, 0.25) is 0 Å². The molecule has 0 fully saturated rings. The number of carbonyl (C=O) groups is 1. The average molecular weight is 313 g/mol. The molecule has 0 radical (unpaired) electrons. The molecular weight excluding hydrogens is 292 g/mol. The zero-order valence-corrected chi connectivity index (χ0v) is 12.7. The highest BCUT2D eigenvalue weighted by Gasteiger charge is 2.12. The first kappa shape index (κ1) is 15.2. The lowest BCUT2D eigenvalue weighted by Crippen LogP contribution is -2.29. The standard InChI is InChI=1S/C14H21BrN2O/c1-3-5-7-11(4-2)10-17-14(18)12-8-6-9-16-13(12)15/h6,8-9,11H,3-5,7,10H2,1-2H3,(H,17,18). The molecule has 1 N–H and O–H groups in total. The van der Waals surface area contributed by atoms with E-state index in [1.54, 1.807) is 18.3 Å². The Balaban J connectivity index is 2.47. The van der Waals surface area contributed by atoms with Gasteiger partial charge < -0.3 is 5.32 Å². The lowest BCUT2D eigenvalue weighted by atomic mass is 9.99. The van der Waals surface area contributed by atoms with Crippen LogP contribution in [0.25, 0.3) is 0 Å². The molecule has 0 aromatic carbocycles. The van der Waals surface area contributed by atoms with E-state index in [9.17, 15) is 4.79 Å². The Labute approximate surface area is 118 Å². The molecule has 1 unspecified atom stereocenters. The summed E-state index contributed by atoms with van der Waals surface area (Å²) in [6.07, 6.45) is 6.39. The number of rotatable bonds is 7. The Kier molecular flexibility index (Phi) is 6.94. The van der Waals surface area contributed by atoms with Gasteiger partial charge in [0.15, 0.2) is 0 Å². The van der Waals surface area contributed by atoms with Gasteiger partial charge in [0.25, 0.3) is 5.91 Å². The Morgan fingerprint density at radius 3 is 2.89 bits per heavy atom. The lowest BCUT2D eigenvalue weighted by molar-refractivity contribution is 0.0944. The molecule has 0 bridgehead atoms. The minimum Gasteiger partial charge on any atom is -0.352 e. The molecule has 0 aliphatic heterocycles. The fraction of sp³-hybridized carbons (Fsp3) is 0.571. The monoisotopic (exact) mass is 312 g/mol. The third-order valence-corrected chi connectivity index (χ3v) is 3.73. The van der Waals surface area contributed by atoms with Gasteiger partial charge in [-0.2, -0.15) is 0 Å². The summed E-state index contributed by atoms with van der Waals surface area (Å²) in [5.74, 6) is 0.522. The molecule has 0 saturated heterocycles. The van der Waals surface area contributed by atoms with Gasteiger partial charge in [-0.3, -0.25) is 4.79 Å². The van der Waals surface area contributed by atoms with Crippen molar-refractivity contribution in [1.29, 1.82) is 0 Å². The summed E-state index contributed by atoms with van der Waals surface area (Å²) in [6, 6.07) is 3.55. The molecule has 100 valence electrons. The number of nitrogens with one attached hydrogen (secondary N) is 1. The lowest BCUT2D eigenvalue weighted by Gasteiger charge is -2.15. The minimum absolute atomic E-state index is 0.0510. The molecule has 1 atom stereocenters. The highest BCUT2D eigenvalue weighted by molar-refractivity contribution is 9.10. The van der Waals surface area contributed by atoms with E-state index in [2.05, 4.69) is 40.1 Å². The molecular formula is C14H21BrN2O. The van der Waals surface area contributed by atoms with Crippen molar-refractivity contribution in [3.05, 3.63) is 28.5 Å². The summed E-state index contributed by atoms with van der Waals surface area (Å²) < 4.78 is 0.601. The predicted molar refractivity (Wildman–Crippen MR) is 77.6 cm³/mol. The van der Waals surface area contributed by atoms with Crippen molar-refractivity contribution in [3.8, 4) is 0 Å². The first-order chi connectivity index (χ1) is 8.69. The predicted octanol–water partition coefficient (Wildman–Crippen LogP) is 3.79. The first-order valence-electron chi connectivity index (χ1n) is 6.57. The molecule has 0 aliphatic rings. The number of halogens is 1. The zero-order valence-electron chi connectivity index (χ0n) is 11.1. The van der Waals surface area contributed by atoms with Gasteiger partial charge in [0, 0.05) is 12.7 Å². The topological polar surface area (TPSA) is 42.0 Å². The number of aromatic nitrogens is 1. The van der Waals surface area contributed by atoms with E-state index in [4.69, 9.17) is 0 Å². The third-order valence-electron chi connectivity index (χ3n) is 3.10. The molecule has 0 saturated carbocycles. The van der Waals surface area contributed by atoms with Gasteiger partial charge in [0.05, 0.1) is 5.56 Å². The molecule has 1 aromatic heterocycles. The fourth-order valence-electron chi connectivity index (χ4n) is 1.83. The molecule has 1 heterocycles. The van der Waals surface area contributed by atoms with E-state index in [1.165, 1.54) is 19.3 Å². The third kappa shape index (κ3) is 4.77. The quantitative estimate of drug-likeness (QED) is 0.778. The fourth-order valence-corrected chi connectivity index (χ4v) is 2.26. The van der Waals surface area contributed by atoms with Crippen LogP contribution >= 0.6 is 15.9 Å². The molecule has 1 aromatic rings. The second-order valence-corrected chi connectivity index (χ2v) is 5.22.